The highest BCUT2D eigenvalue weighted by Gasteiger charge is 2.19. The van der Waals surface area contributed by atoms with Crippen molar-refractivity contribution in [2.45, 2.75) is 38.6 Å². The van der Waals surface area contributed by atoms with Crippen LogP contribution in [0.25, 0.3) is 0 Å². The van der Waals surface area contributed by atoms with Crippen LogP contribution in [0.3, 0.4) is 0 Å². The highest BCUT2D eigenvalue weighted by molar-refractivity contribution is 5.92. The van der Waals surface area contributed by atoms with E-state index >= 15 is 0 Å². The molecule has 3 N–H and O–H groups in total. The molecule has 1 saturated carbocycles. The van der Waals surface area contributed by atoms with Gasteiger partial charge in [0, 0.05) is 18.3 Å². The van der Waals surface area contributed by atoms with Crippen LogP contribution in [0.5, 0.6) is 0 Å². The van der Waals surface area contributed by atoms with Crippen LogP contribution in [-0.2, 0) is 0 Å². The summed E-state index contributed by atoms with van der Waals surface area (Å²) in [6.07, 6.45) is 4.37. The number of hydrogen-bond donors (Lipinski definition) is 2. The molecule has 1 aromatic heterocycles. The van der Waals surface area contributed by atoms with Crippen molar-refractivity contribution in [3.63, 3.8) is 0 Å². The van der Waals surface area contributed by atoms with Crippen LogP contribution in [-0.4, -0.2) is 23.5 Å². The molecule has 98 valence electrons. The van der Waals surface area contributed by atoms with E-state index in [0.29, 0.717) is 17.7 Å². The fourth-order valence-corrected chi connectivity index (χ4v) is 2.39. The molecule has 0 bridgehead atoms. The van der Waals surface area contributed by atoms with Crippen molar-refractivity contribution in [1.82, 2.24) is 10.3 Å². The maximum atomic E-state index is 11.9. The van der Waals surface area contributed by atoms with Crippen molar-refractivity contribution in [3.05, 3.63) is 29.6 Å². The molecule has 0 saturated heterocycles. The zero-order valence-electron chi connectivity index (χ0n) is 10.9. The van der Waals surface area contributed by atoms with Crippen molar-refractivity contribution in [2.24, 2.45) is 11.7 Å². The van der Waals surface area contributed by atoms with Crippen LogP contribution in [0.15, 0.2) is 18.2 Å². The van der Waals surface area contributed by atoms with E-state index in [1.807, 2.05) is 19.1 Å². The van der Waals surface area contributed by atoms with E-state index < -0.39 is 0 Å². The van der Waals surface area contributed by atoms with Crippen molar-refractivity contribution in [3.8, 4) is 0 Å². The third-order valence-electron chi connectivity index (χ3n) is 3.56. The van der Waals surface area contributed by atoms with Crippen LogP contribution in [0.2, 0.25) is 0 Å². The Labute approximate surface area is 108 Å². The predicted molar refractivity (Wildman–Crippen MR) is 71.2 cm³/mol. The maximum Gasteiger partial charge on any atom is 0.269 e. The molecule has 4 heteroatoms. The van der Waals surface area contributed by atoms with Gasteiger partial charge in [-0.05, 0) is 50.7 Å². The summed E-state index contributed by atoms with van der Waals surface area (Å²) in [4.78, 5) is 16.1. The zero-order chi connectivity index (χ0) is 13.0. The lowest BCUT2D eigenvalue weighted by molar-refractivity contribution is 0.0938. The van der Waals surface area contributed by atoms with Crippen LogP contribution in [0.1, 0.15) is 41.9 Å². The summed E-state index contributed by atoms with van der Waals surface area (Å²) in [6, 6.07) is 5.85. The quantitative estimate of drug-likeness (QED) is 0.853. The minimum Gasteiger partial charge on any atom is -0.350 e. The molecule has 2 rings (SSSR count). The first-order valence-corrected chi connectivity index (χ1v) is 6.62. The first kappa shape index (κ1) is 13.0. The third-order valence-corrected chi connectivity index (χ3v) is 3.56. The van der Waals surface area contributed by atoms with Gasteiger partial charge in [-0.1, -0.05) is 6.07 Å². The Morgan fingerprint density at radius 1 is 1.39 bits per heavy atom. The van der Waals surface area contributed by atoms with Crippen molar-refractivity contribution >= 4 is 5.91 Å². The fraction of sp³-hybridized carbons (Fsp3) is 0.571. The average molecular weight is 247 g/mol. The molecular weight excluding hydrogens is 226 g/mol. The van der Waals surface area contributed by atoms with Gasteiger partial charge in [-0.15, -0.1) is 0 Å². The van der Waals surface area contributed by atoms with E-state index in [1.165, 1.54) is 0 Å². The number of nitrogens with one attached hydrogen (secondary N) is 1. The molecule has 18 heavy (non-hydrogen) atoms. The summed E-state index contributed by atoms with van der Waals surface area (Å²) in [5, 5.41) is 2.97. The maximum absolute atomic E-state index is 11.9. The number of aryl methyl sites for hydroxylation is 1. The Balaban J connectivity index is 1.81. The third kappa shape index (κ3) is 3.53. The lowest BCUT2D eigenvalue weighted by Crippen LogP contribution is -2.34. The average Bonchev–Trinajstić information content (AvgIpc) is 2.38. The Morgan fingerprint density at radius 3 is 2.78 bits per heavy atom. The summed E-state index contributed by atoms with van der Waals surface area (Å²) in [5.41, 5.74) is 7.23. The summed E-state index contributed by atoms with van der Waals surface area (Å²) in [6.45, 7) is 2.63. The topological polar surface area (TPSA) is 68.0 Å². The van der Waals surface area contributed by atoms with Gasteiger partial charge in [0.15, 0.2) is 0 Å². The highest BCUT2D eigenvalue weighted by Crippen LogP contribution is 2.22. The smallest absolute Gasteiger partial charge is 0.269 e. The van der Waals surface area contributed by atoms with E-state index in [2.05, 4.69) is 10.3 Å². The molecule has 4 nitrogen and oxygen atoms in total. The van der Waals surface area contributed by atoms with Crippen molar-refractivity contribution in [2.75, 3.05) is 6.54 Å². The molecule has 0 unspecified atom stereocenters. The second kappa shape index (κ2) is 5.96. The molecule has 0 aliphatic heterocycles. The van der Waals surface area contributed by atoms with Crippen LogP contribution >= 0.6 is 0 Å². The summed E-state index contributed by atoms with van der Waals surface area (Å²) in [5.74, 6) is 0.493. The van der Waals surface area contributed by atoms with Crippen LogP contribution in [0.4, 0.5) is 0 Å². The number of nitrogens with zero attached hydrogens (tertiary/aromatic N) is 1. The fourth-order valence-electron chi connectivity index (χ4n) is 2.39. The van der Waals surface area contributed by atoms with Gasteiger partial charge in [0.2, 0.25) is 0 Å². The Morgan fingerprint density at radius 2 is 2.11 bits per heavy atom. The number of carbonyl (C=O) groups excluding carboxylic acids is 1. The number of amides is 1. The first-order valence-electron chi connectivity index (χ1n) is 6.62. The minimum absolute atomic E-state index is 0.0754. The normalized spacial score (nSPS) is 23.7. The number of rotatable bonds is 3. The lowest BCUT2D eigenvalue weighted by Gasteiger charge is -2.26. The van der Waals surface area contributed by atoms with Gasteiger partial charge in [-0.25, -0.2) is 4.98 Å². The molecule has 1 fully saturated rings. The summed E-state index contributed by atoms with van der Waals surface area (Å²) in [7, 11) is 0. The molecule has 1 aliphatic carbocycles. The molecule has 1 aliphatic rings. The number of nitrogens with two attached hydrogens (primary N) is 1. The Hall–Kier alpha value is -1.42. The highest BCUT2D eigenvalue weighted by atomic mass is 16.1. The second-order valence-electron chi connectivity index (χ2n) is 5.16. The molecule has 1 amide bonds. The number of carbonyl (C=O) groups is 1. The molecule has 1 aromatic rings. The Bertz CT molecular complexity index is 411. The van der Waals surface area contributed by atoms with Gasteiger partial charge in [0.1, 0.15) is 5.69 Å². The van der Waals surface area contributed by atoms with E-state index in [4.69, 9.17) is 5.73 Å². The SMILES string of the molecule is Cc1cccc(C(=O)NCC2CCC(N)CC2)n1. The van der Waals surface area contributed by atoms with Gasteiger partial charge in [-0.2, -0.15) is 0 Å². The summed E-state index contributed by atoms with van der Waals surface area (Å²) < 4.78 is 0. The largest absolute Gasteiger partial charge is 0.350 e. The van der Waals surface area contributed by atoms with Gasteiger partial charge in [0.25, 0.3) is 5.91 Å². The second-order valence-corrected chi connectivity index (χ2v) is 5.16. The molecule has 0 atom stereocenters. The molecule has 0 radical (unpaired) electrons. The van der Waals surface area contributed by atoms with E-state index in [9.17, 15) is 4.79 Å². The number of hydrogen-bond acceptors (Lipinski definition) is 3. The predicted octanol–water partition coefficient (Wildman–Crippen LogP) is 1.64. The van der Waals surface area contributed by atoms with Gasteiger partial charge >= 0.3 is 0 Å². The molecular formula is C14H21N3O. The number of aromatic nitrogens is 1. The van der Waals surface area contributed by atoms with Crippen LogP contribution < -0.4 is 11.1 Å². The van der Waals surface area contributed by atoms with Crippen molar-refractivity contribution in [1.29, 1.82) is 0 Å². The molecule has 1 heterocycles. The van der Waals surface area contributed by atoms with Gasteiger partial charge in [0.05, 0.1) is 0 Å². The van der Waals surface area contributed by atoms with Crippen molar-refractivity contribution < 1.29 is 4.79 Å². The van der Waals surface area contributed by atoms with Crippen LogP contribution in [0, 0.1) is 12.8 Å². The molecule has 0 aromatic carbocycles. The van der Waals surface area contributed by atoms with Gasteiger partial charge in [-0.3, -0.25) is 4.79 Å². The Kier molecular flexibility index (Phi) is 4.31. The zero-order valence-corrected chi connectivity index (χ0v) is 10.9. The first-order chi connectivity index (χ1) is 8.65. The minimum atomic E-state index is -0.0754. The standard InChI is InChI=1S/C14H21N3O/c1-10-3-2-4-13(17-10)14(18)16-9-11-5-7-12(15)8-6-11/h2-4,11-12H,5-9,15H2,1H3,(H,16,18). The monoisotopic (exact) mass is 247 g/mol. The van der Waals surface area contributed by atoms with E-state index in [-0.39, 0.29) is 5.91 Å². The van der Waals surface area contributed by atoms with Gasteiger partial charge < -0.3 is 11.1 Å². The number of pyridine rings is 1. The molecule has 0 spiro atoms. The summed E-state index contributed by atoms with van der Waals surface area (Å²) >= 11 is 0. The van der Waals surface area contributed by atoms with E-state index in [0.717, 1.165) is 37.9 Å². The van der Waals surface area contributed by atoms with E-state index in [1.54, 1.807) is 6.07 Å². The lowest BCUT2D eigenvalue weighted by atomic mass is 9.86.